The number of nitrogens with one attached hydrogen (secondary N) is 1. The normalized spacial score (nSPS) is 10.3. The Kier molecular flexibility index (Phi) is 5.61. The lowest BCUT2D eigenvalue weighted by Gasteiger charge is -2.15. The molecule has 0 saturated heterocycles. The molecule has 0 aliphatic rings. The van der Waals surface area contributed by atoms with E-state index in [4.69, 9.17) is 16.0 Å². The second kappa shape index (κ2) is 7.66. The molecular formula is C16H17ClN2O3. The van der Waals surface area contributed by atoms with Gasteiger partial charge in [-0.3, -0.25) is 9.59 Å². The molecule has 2 rings (SSSR count). The third-order valence-electron chi connectivity index (χ3n) is 3.08. The highest BCUT2D eigenvalue weighted by Crippen LogP contribution is 2.10. The van der Waals surface area contributed by atoms with E-state index < -0.39 is 0 Å². The summed E-state index contributed by atoms with van der Waals surface area (Å²) >= 11 is 5.90. The zero-order chi connectivity index (χ0) is 15.9. The zero-order valence-electron chi connectivity index (χ0n) is 12.2. The number of likely N-dealkylation sites (N-methyl/N-ethyl adjacent to an activating group) is 1. The highest BCUT2D eigenvalue weighted by Gasteiger charge is 2.16. The fourth-order valence-corrected chi connectivity index (χ4v) is 2.18. The average Bonchev–Trinajstić information content (AvgIpc) is 3.00. The molecular weight excluding hydrogens is 304 g/mol. The van der Waals surface area contributed by atoms with E-state index in [1.807, 2.05) is 18.2 Å². The molecule has 116 valence electrons. The van der Waals surface area contributed by atoms with Crippen molar-refractivity contribution in [2.75, 3.05) is 20.1 Å². The Morgan fingerprint density at radius 3 is 2.77 bits per heavy atom. The Bertz CT molecular complexity index is 641. The Morgan fingerprint density at radius 2 is 2.09 bits per heavy atom. The molecule has 0 bridgehead atoms. The molecule has 1 heterocycles. The van der Waals surface area contributed by atoms with Crippen LogP contribution in [0.4, 0.5) is 0 Å². The van der Waals surface area contributed by atoms with Gasteiger partial charge in [-0.1, -0.05) is 23.7 Å². The minimum Gasteiger partial charge on any atom is -0.459 e. The molecule has 1 aromatic carbocycles. The standard InChI is InChI=1S/C16H17ClN2O3/c1-19(16(21)14-6-3-9-22-14)11-15(20)18-8-7-12-4-2-5-13(17)10-12/h2-6,9-10H,7-8,11H2,1H3,(H,18,20). The van der Waals surface area contributed by atoms with E-state index in [-0.39, 0.29) is 24.1 Å². The Morgan fingerprint density at radius 1 is 1.27 bits per heavy atom. The van der Waals surface area contributed by atoms with Gasteiger partial charge in [-0.15, -0.1) is 0 Å². The summed E-state index contributed by atoms with van der Waals surface area (Å²) in [6, 6.07) is 10.7. The SMILES string of the molecule is CN(CC(=O)NCCc1cccc(Cl)c1)C(=O)c1ccco1. The first-order valence-corrected chi connectivity index (χ1v) is 7.24. The Labute approximate surface area is 133 Å². The predicted octanol–water partition coefficient (Wildman–Crippen LogP) is 2.36. The average molecular weight is 321 g/mol. The number of benzene rings is 1. The van der Waals surface area contributed by atoms with Crippen molar-refractivity contribution in [2.45, 2.75) is 6.42 Å². The Balaban J connectivity index is 1.75. The molecule has 0 saturated carbocycles. The van der Waals surface area contributed by atoms with E-state index in [1.54, 1.807) is 25.2 Å². The van der Waals surface area contributed by atoms with E-state index in [1.165, 1.54) is 11.2 Å². The van der Waals surface area contributed by atoms with Crippen molar-refractivity contribution in [2.24, 2.45) is 0 Å². The molecule has 2 amide bonds. The first-order chi connectivity index (χ1) is 10.6. The molecule has 2 aromatic rings. The zero-order valence-corrected chi connectivity index (χ0v) is 13.0. The van der Waals surface area contributed by atoms with Crippen molar-refractivity contribution in [3.63, 3.8) is 0 Å². The van der Waals surface area contributed by atoms with Gasteiger partial charge in [0.25, 0.3) is 5.91 Å². The smallest absolute Gasteiger partial charge is 0.289 e. The number of nitrogens with zero attached hydrogens (tertiary/aromatic N) is 1. The third kappa shape index (κ3) is 4.63. The van der Waals surface area contributed by atoms with E-state index in [2.05, 4.69) is 5.32 Å². The van der Waals surface area contributed by atoms with E-state index >= 15 is 0 Å². The number of carbonyl (C=O) groups excluding carboxylic acids is 2. The number of hydrogen-bond acceptors (Lipinski definition) is 3. The minimum atomic E-state index is -0.324. The molecule has 1 N–H and O–H groups in total. The number of amides is 2. The summed E-state index contributed by atoms with van der Waals surface area (Å²) in [6.07, 6.45) is 2.11. The minimum absolute atomic E-state index is 0.0188. The van der Waals surface area contributed by atoms with Crippen LogP contribution in [0.25, 0.3) is 0 Å². The Hall–Kier alpha value is -2.27. The van der Waals surface area contributed by atoms with Crippen molar-refractivity contribution in [3.8, 4) is 0 Å². The summed E-state index contributed by atoms with van der Waals surface area (Å²) in [6.45, 7) is 0.469. The first-order valence-electron chi connectivity index (χ1n) is 6.86. The first kappa shape index (κ1) is 16.1. The lowest BCUT2D eigenvalue weighted by atomic mass is 10.1. The van der Waals surface area contributed by atoms with Gasteiger partial charge in [-0.25, -0.2) is 0 Å². The van der Waals surface area contributed by atoms with Gasteiger partial charge >= 0.3 is 0 Å². The molecule has 0 atom stereocenters. The van der Waals surface area contributed by atoms with Gasteiger partial charge in [0, 0.05) is 18.6 Å². The lowest BCUT2D eigenvalue weighted by Crippen LogP contribution is -2.38. The largest absolute Gasteiger partial charge is 0.459 e. The number of carbonyl (C=O) groups is 2. The summed E-state index contributed by atoms with van der Waals surface area (Å²) in [5.74, 6) is -0.325. The van der Waals surface area contributed by atoms with Crippen LogP contribution in [0, 0.1) is 0 Å². The highest BCUT2D eigenvalue weighted by atomic mass is 35.5. The second-order valence-electron chi connectivity index (χ2n) is 4.87. The van der Waals surface area contributed by atoms with Crippen LogP contribution in [0.15, 0.2) is 47.1 Å². The van der Waals surface area contributed by atoms with Crippen LogP contribution in [0.3, 0.4) is 0 Å². The summed E-state index contributed by atoms with van der Waals surface area (Å²) in [5.41, 5.74) is 1.05. The number of furan rings is 1. The van der Waals surface area contributed by atoms with Crippen molar-refractivity contribution >= 4 is 23.4 Å². The summed E-state index contributed by atoms with van der Waals surface area (Å²) in [5, 5.41) is 3.45. The maximum atomic E-state index is 11.9. The highest BCUT2D eigenvalue weighted by molar-refractivity contribution is 6.30. The summed E-state index contributed by atoms with van der Waals surface area (Å²) in [7, 11) is 1.56. The van der Waals surface area contributed by atoms with Gasteiger partial charge in [0.1, 0.15) is 0 Å². The molecule has 0 unspecified atom stereocenters. The summed E-state index contributed by atoms with van der Waals surface area (Å²) < 4.78 is 5.01. The van der Waals surface area contributed by atoms with E-state index in [0.717, 1.165) is 5.56 Å². The molecule has 6 heteroatoms. The molecule has 5 nitrogen and oxygen atoms in total. The van der Waals surface area contributed by atoms with Crippen LogP contribution in [-0.2, 0) is 11.2 Å². The molecule has 0 aliphatic carbocycles. The van der Waals surface area contributed by atoms with E-state index in [0.29, 0.717) is 18.0 Å². The second-order valence-corrected chi connectivity index (χ2v) is 5.30. The monoisotopic (exact) mass is 320 g/mol. The van der Waals surface area contributed by atoms with Gasteiger partial charge in [-0.05, 0) is 36.2 Å². The maximum absolute atomic E-state index is 11.9. The van der Waals surface area contributed by atoms with E-state index in [9.17, 15) is 9.59 Å². The lowest BCUT2D eigenvalue weighted by molar-refractivity contribution is -0.121. The van der Waals surface area contributed by atoms with Crippen LogP contribution in [0.2, 0.25) is 5.02 Å². The fourth-order valence-electron chi connectivity index (χ4n) is 1.97. The van der Waals surface area contributed by atoms with Gasteiger partial charge in [-0.2, -0.15) is 0 Å². The predicted molar refractivity (Wildman–Crippen MR) is 83.8 cm³/mol. The van der Waals surface area contributed by atoms with Crippen LogP contribution >= 0.6 is 11.6 Å². The van der Waals surface area contributed by atoms with Gasteiger partial charge in [0.05, 0.1) is 12.8 Å². The summed E-state index contributed by atoms with van der Waals surface area (Å²) in [4.78, 5) is 25.0. The maximum Gasteiger partial charge on any atom is 0.289 e. The van der Waals surface area contributed by atoms with Gasteiger partial charge in [0.15, 0.2) is 5.76 Å². The van der Waals surface area contributed by atoms with Gasteiger partial charge in [0.2, 0.25) is 5.91 Å². The third-order valence-corrected chi connectivity index (χ3v) is 3.32. The van der Waals surface area contributed by atoms with Crippen LogP contribution < -0.4 is 5.32 Å². The van der Waals surface area contributed by atoms with Crippen LogP contribution in [0.5, 0.6) is 0 Å². The molecule has 0 spiro atoms. The topological polar surface area (TPSA) is 62.6 Å². The van der Waals surface area contributed by atoms with Crippen molar-refractivity contribution < 1.29 is 14.0 Å². The number of halogens is 1. The van der Waals surface area contributed by atoms with Crippen LogP contribution in [0.1, 0.15) is 16.1 Å². The number of rotatable bonds is 6. The molecule has 22 heavy (non-hydrogen) atoms. The number of hydrogen-bond donors (Lipinski definition) is 1. The molecule has 0 radical (unpaired) electrons. The molecule has 0 fully saturated rings. The van der Waals surface area contributed by atoms with Crippen LogP contribution in [-0.4, -0.2) is 36.9 Å². The van der Waals surface area contributed by atoms with Crippen molar-refractivity contribution in [1.29, 1.82) is 0 Å². The molecule has 1 aromatic heterocycles. The quantitative estimate of drug-likeness (QED) is 0.888. The van der Waals surface area contributed by atoms with Crippen molar-refractivity contribution in [3.05, 3.63) is 59.0 Å². The fraction of sp³-hybridized carbons (Fsp3) is 0.250. The van der Waals surface area contributed by atoms with Gasteiger partial charge < -0.3 is 14.6 Å². The van der Waals surface area contributed by atoms with Crippen molar-refractivity contribution in [1.82, 2.24) is 10.2 Å². The molecule has 0 aliphatic heterocycles.